The molecule has 0 atom stereocenters. The lowest BCUT2D eigenvalue weighted by molar-refractivity contribution is 0.108. The Morgan fingerprint density at radius 2 is 1.79 bits per heavy atom. The molecule has 8 heteroatoms. The van der Waals surface area contributed by atoms with Gasteiger partial charge in [0.15, 0.2) is 5.82 Å². The van der Waals surface area contributed by atoms with Crippen molar-refractivity contribution < 1.29 is 9.13 Å². The molecule has 2 aliphatic heterocycles. The third-order valence-corrected chi connectivity index (χ3v) is 7.61. The van der Waals surface area contributed by atoms with E-state index >= 15 is 4.39 Å². The minimum Gasteiger partial charge on any atom is -0.461 e. The summed E-state index contributed by atoms with van der Waals surface area (Å²) in [6.45, 7) is 2.67. The van der Waals surface area contributed by atoms with Crippen molar-refractivity contribution in [2.45, 2.75) is 31.2 Å². The summed E-state index contributed by atoms with van der Waals surface area (Å²) in [5.74, 6) is -0.574. The SMILES string of the molecule is Fc1c(-c2cccc3cccc(Cl)c23)ncc2c(Cl)nc(OCC34CCCN3CCC4)nc12. The standard InChI is InChI=1S/C25H21Cl2FN4O/c26-18-8-2-6-15-5-1-7-16(19(15)18)21-20(28)22-17(13-29-21)23(27)31-24(30-22)33-14-25-9-3-11-32(25)12-4-10-25/h1-2,5-8,13H,3-4,9-12,14H2. The van der Waals surface area contributed by atoms with E-state index in [4.69, 9.17) is 27.9 Å². The first kappa shape index (κ1) is 21.0. The number of aromatic nitrogens is 3. The van der Waals surface area contributed by atoms with E-state index in [-0.39, 0.29) is 27.9 Å². The number of nitrogens with zero attached hydrogens (tertiary/aromatic N) is 4. The van der Waals surface area contributed by atoms with Crippen LogP contribution in [0.25, 0.3) is 32.9 Å². The van der Waals surface area contributed by atoms with Crippen molar-refractivity contribution >= 4 is 44.9 Å². The average molecular weight is 483 g/mol. The molecule has 2 aliphatic rings. The molecule has 33 heavy (non-hydrogen) atoms. The van der Waals surface area contributed by atoms with Crippen molar-refractivity contribution in [2.75, 3.05) is 19.7 Å². The maximum absolute atomic E-state index is 15.8. The van der Waals surface area contributed by atoms with Crippen LogP contribution in [0, 0.1) is 5.82 Å². The van der Waals surface area contributed by atoms with Crippen LogP contribution in [-0.2, 0) is 0 Å². The van der Waals surface area contributed by atoms with Crippen LogP contribution in [0.3, 0.4) is 0 Å². The molecule has 4 aromatic rings. The van der Waals surface area contributed by atoms with Gasteiger partial charge in [0.2, 0.25) is 0 Å². The number of ether oxygens (including phenoxy) is 1. The topological polar surface area (TPSA) is 51.1 Å². The van der Waals surface area contributed by atoms with Crippen LogP contribution in [0.1, 0.15) is 25.7 Å². The van der Waals surface area contributed by atoms with Gasteiger partial charge in [-0.25, -0.2) is 4.39 Å². The van der Waals surface area contributed by atoms with Crippen molar-refractivity contribution in [3.63, 3.8) is 0 Å². The number of pyridine rings is 1. The summed E-state index contributed by atoms with van der Waals surface area (Å²) in [5.41, 5.74) is 0.887. The van der Waals surface area contributed by atoms with Gasteiger partial charge in [0.25, 0.3) is 0 Å². The lowest BCUT2D eigenvalue weighted by Gasteiger charge is -2.31. The maximum atomic E-state index is 15.8. The van der Waals surface area contributed by atoms with Gasteiger partial charge in [0, 0.05) is 22.2 Å². The molecular weight excluding hydrogens is 462 g/mol. The van der Waals surface area contributed by atoms with Gasteiger partial charge in [-0.2, -0.15) is 9.97 Å². The lowest BCUT2D eigenvalue weighted by Crippen LogP contribution is -2.43. The van der Waals surface area contributed by atoms with Crippen LogP contribution >= 0.6 is 23.2 Å². The van der Waals surface area contributed by atoms with Crippen LogP contribution in [0.4, 0.5) is 4.39 Å². The van der Waals surface area contributed by atoms with Gasteiger partial charge in [-0.05, 0) is 50.2 Å². The molecule has 5 nitrogen and oxygen atoms in total. The summed E-state index contributed by atoms with van der Waals surface area (Å²) >= 11 is 12.8. The van der Waals surface area contributed by atoms with E-state index in [0.29, 0.717) is 22.6 Å². The van der Waals surface area contributed by atoms with Gasteiger partial charge in [0.1, 0.15) is 23.0 Å². The van der Waals surface area contributed by atoms with E-state index in [0.717, 1.165) is 36.7 Å². The predicted molar refractivity (Wildman–Crippen MR) is 129 cm³/mol. The largest absolute Gasteiger partial charge is 0.461 e. The van der Waals surface area contributed by atoms with Gasteiger partial charge in [-0.3, -0.25) is 9.88 Å². The number of halogens is 3. The van der Waals surface area contributed by atoms with Crippen LogP contribution in [0.2, 0.25) is 10.2 Å². The van der Waals surface area contributed by atoms with Gasteiger partial charge >= 0.3 is 6.01 Å². The smallest absolute Gasteiger partial charge is 0.318 e. The highest BCUT2D eigenvalue weighted by Crippen LogP contribution is 2.40. The maximum Gasteiger partial charge on any atom is 0.318 e. The molecule has 0 saturated carbocycles. The number of benzene rings is 2. The first-order valence-corrected chi connectivity index (χ1v) is 11.9. The molecule has 0 amide bonds. The zero-order valence-electron chi connectivity index (χ0n) is 17.8. The second-order valence-electron chi connectivity index (χ2n) is 8.83. The van der Waals surface area contributed by atoms with E-state index in [1.807, 2.05) is 24.3 Å². The van der Waals surface area contributed by atoms with Gasteiger partial charge < -0.3 is 4.74 Å². The molecule has 0 bridgehead atoms. The highest BCUT2D eigenvalue weighted by atomic mass is 35.5. The molecule has 2 saturated heterocycles. The summed E-state index contributed by atoms with van der Waals surface area (Å²) in [7, 11) is 0. The van der Waals surface area contributed by atoms with Crippen LogP contribution in [-0.4, -0.2) is 45.1 Å². The van der Waals surface area contributed by atoms with Gasteiger partial charge in [-0.1, -0.05) is 53.5 Å². The molecule has 2 fully saturated rings. The summed E-state index contributed by atoms with van der Waals surface area (Å²) in [6, 6.07) is 11.3. The second-order valence-corrected chi connectivity index (χ2v) is 9.60. The molecule has 0 aliphatic carbocycles. The molecule has 6 rings (SSSR count). The summed E-state index contributed by atoms with van der Waals surface area (Å²) in [5, 5.41) is 2.65. The molecule has 0 N–H and O–H groups in total. The molecule has 0 unspecified atom stereocenters. The average Bonchev–Trinajstić information content (AvgIpc) is 3.39. The Kier molecular flexibility index (Phi) is 5.13. The third kappa shape index (κ3) is 3.43. The Hall–Kier alpha value is -2.54. The molecule has 2 aromatic heterocycles. The molecular formula is C25H21Cl2FN4O. The molecule has 0 radical (unpaired) electrons. The lowest BCUT2D eigenvalue weighted by atomic mass is 9.95. The zero-order valence-corrected chi connectivity index (χ0v) is 19.3. The minimum atomic E-state index is -0.574. The molecule has 2 aromatic carbocycles. The van der Waals surface area contributed by atoms with Crippen LogP contribution in [0.15, 0.2) is 42.6 Å². The quantitative estimate of drug-likeness (QED) is 0.319. The zero-order chi connectivity index (χ0) is 22.6. The predicted octanol–water partition coefficient (Wildman–Crippen LogP) is 6.30. The summed E-state index contributed by atoms with van der Waals surface area (Å²) in [4.78, 5) is 15.5. The van der Waals surface area contributed by atoms with Gasteiger partial charge in [0.05, 0.1) is 10.9 Å². The van der Waals surface area contributed by atoms with E-state index < -0.39 is 5.82 Å². The molecule has 0 spiro atoms. The number of hydrogen-bond acceptors (Lipinski definition) is 5. The summed E-state index contributed by atoms with van der Waals surface area (Å²) < 4.78 is 21.8. The van der Waals surface area contributed by atoms with Crippen molar-refractivity contribution in [1.29, 1.82) is 0 Å². The second kappa shape index (κ2) is 8.05. The molecule has 168 valence electrons. The van der Waals surface area contributed by atoms with Crippen molar-refractivity contribution in [3.8, 4) is 17.3 Å². The summed E-state index contributed by atoms with van der Waals surface area (Å²) in [6.07, 6.45) is 6.03. The number of rotatable bonds is 4. The third-order valence-electron chi connectivity index (χ3n) is 7.01. The Bertz CT molecular complexity index is 1380. The normalized spacial score (nSPS) is 17.7. The Balaban J connectivity index is 1.42. The first-order chi connectivity index (χ1) is 16.1. The van der Waals surface area contributed by atoms with Crippen molar-refractivity contribution in [1.82, 2.24) is 19.9 Å². The number of fused-ring (bicyclic) bond motifs is 3. The van der Waals surface area contributed by atoms with E-state index in [2.05, 4.69) is 19.9 Å². The molecule has 4 heterocycles. The van der Waals surface area contributed by atoms with E-state index in [9.17, 15) is 0 Å². The van der Waals surface area contributed by atoms with E-state index in [1.165, 1.54) is 19.0 Å². The Labute approximate surface area is 200 Å². The van der Waals surface area contributed by atoms with E-state index in [1.54, 1.807) is 12.1 Å². The van der Waals surface area contributed by atoms with Crippen LogP contribution < -0.4 is 4.74 Å². The Morgan fingerprint density at radius 1 is 1.03 bits per heavy atom. The fraction of sp³-hybridized carbons (Fsp3) is 0.320. The van der Waals surface area contributed by atoms with Crippen molar-refractivity contribution in [3.05, 3.63) is 58.6 Å². The Morgan fingerprint density at radius 3 is 2.58 bits per heavy atom. The van der Waals surface area contributed by atoms with Gasteiger partial charge in [-0.15, -0.1) is 0 Å². The number of hydrogen-bond donors (Lipinski definition) is 0. The fourth-order valence-corrected chi connectivity index (χ4v) is 5.90. The highest BCUT2D eigenvalue weighted by molar-refractivity contribution is 6.36. The minimum absolute atomic E-state index is 0.0342. The first-order valence-electron chi connectivity index (χ1n) is 11.1. The fourth-order valence-electron chi connectivity index (χ4n) is 5.41. The van der Waals surface area contributed by atoms with Crippen LogP contribution in [0.5, 0.6) is 6.01 Å². The van der Waals surface area contributed by atoms with Crippen molar-refractivity contribution in [2.24, 2.45) is 0 Å². The highest BCUT2D eigenvalue weighted by Gasteiger charge is 2.45. The monoisotopic (exact) mass is 482 g/mol.